The van der Waals surface area contributed by atoms with E-state index in [1.54, 1.807) is 30.5 Å². The summed E-state index contributed by atoms with van der Waals surface area (Å²) in [4.78, 5) is 14.5. The fraction of sp³-hybridized carbons (Fsp3) is 0. The van der Waals surface area contributed by atoms with Gasteiger partial charge in [-0.3, -0.25) is 4.79 Å². The molecule has 0 spiro atoms. The van der Waals surface area contributed by atoms with Crippen molar-refractivity contribution >= 4 is 17.8 Å². The lowest BCUT2D eigenvalue weighted by Crippen LogP contribution is -2.17. The number of hydrogen-bond acceptors (Lipinski definition) is 3. The molecule has 1 heterocycles. The van der Waals surface area contributed by atoms with Crippen LogP contribution in [0.15, 0.2) is 47.7 Å². The number of rotatable bonds is 3. The van der Waals surface area contributed by atoms with Crippen molar-refractivity contribution in [1.82, 2.24) is 10.4 Å². The first-order valence-corrected chi connectivity index (χ1v) is 5.08. The second-order valence-corrected chi connectivity index (χ2v) is 3.45. The number of carbonyl (C=O) groups is 1. The Balaban J connectivity index is 1.96. The molecule has 1 aromatic heterocycles. The maximum absolute atomic E-state index is 11.6. The molecular formula is C12H12N4O. The number of nitrogens with zero attached hydrogens (tertiary/aromatic N) is 1. The van der Waals surface area contributed by atoms with Gasteiger partial charge in [-0.05, 0) is 36.4 Å². The normalized spacial score (nSPS) is 10.6. The number of carbonyl (C=O) groups excluding carboxylic acids is 1. The van der Waals surface area contributed by atoms with E-state index in [2.05, 4.69) is 15.5 Å². The van der Waals surface area contributed by atoms with Gasteiger partial charge in [0.25, 0.3) is 5.91 Å². The number of aromatic nitrogens is 1. The van der Waals surface area contributed by atoms with Crippen LogP contribution in [-0.4, -0.2) is 17.1 Å². The molecule has 0 aliphatic rings. The predicted octanol–water partition coefficient (Wildman–Crippen LogP) is 1.36. The molecule has 4 N–H and O–H groups in total. The van der Waals surface area contributed by atoms with Gasteiger partial charge in [0.2, 0.25) is 0 Å². The van der Waals surface area contributed by atoms with Crippen LogP contribution in [0.2, 0.25) is 0 Å². The summed E-state index contributed by atoms with van der Waals surface area (Å²) in [6, 6.07) is 10.3. The largest absolute Gasteiger partial charge is 0.399 e. The van der Waals surface area contributed by atoms with Crippen LogP contribution in [0.4, 0.5) is 5.69 Å². The SMILES string of the molecule is Nc1ccc(C(=O)NN=Cc2ccc[nH]2)cc1. The lowest BCUT2D eigenvalue weighted by molar-refractivity contribution is 0.0955. The highest BCUT2D eigenvalue weighted by Gasteiger charge is 2.02. The molecule has 0 aliphatic heterocycles. The van der Waals surface area contributed by atoms with Crippen molar-refractivity contribution in [3.63, 3.8) is 0 Å². The number of hydrogen-bond donors (Lipinski definition) is 3. The first kappa shape index (κ1) is 10.9. The Morgan fingerprint density at radius 3 is 2.71 bits per heavy atom. The van der Waals surface area contributed by atoms with Crippen LogP contribution in [0.3, 0.4) is 0 Å². The van der Waals surface area contributed by atoms with E-state index in [0.717, 1.165) is 5.69 Å². The molecule has 0 radical (unpaired) electrons. The molecule has 86 valence electrons. The van der Waals surface area contributed by atoms with Crippen LogP contribution in [0.25, 0.3) is 0 Å². The van der Waals surface area contributed by atoms with Crippen molar-refractivity contribution in [3.05, 3.63) is 53.9 Å². The van der Waals surface area contributed by atoms with Crippen LogP contribution in [-0.2, 0) is 0 Å². The molecule has 17 heavy (non-hydrogen) atoms. The Labute approximate surface area is 98.3 Å². The first-order chi connectivity index (χ1) is 8.25. The molecule has 0 saturated carbocycles. The highest BCUT2D eigenvalue weighted by molar-refractivity contribution is 5.95. The average molecular weight is 228 g/mol. The Morgan fingerprint density at radius 2 is 2.06 bits per heavy atom. The van der Waals surface area contributed by atoms with Crippen LogP contribution >= 0.6 is 0 Å². The van der Waals surface area contributed by atoms with Gasteiger partial charge in [-0.15, -0.1) is 0 Å². The van der Waals surface area contributed by atoms with Gasteiger partial charge in [0.1, 0.15) is 0 Å². The molecule has 0 unspecified atom stereocenters. The van der Waals surface area contributed by atoms with E-state index in [9.17, 15) is 4.79 Å². The average Bonchev–Trinajstić information content (AvgIpc) is 2.83. The smallest absolute Gasteiger partial charge is 0.271 e. The van der Waals surface area contributed by atoms with Gasteiger partial charge in [-0.2, -0.15) is 5.10 Å². The van der Waals surface area contributed by atoms with Crippen molar-refractivity contribution in [2.75, 3.05) is 5.73 Å². The minimum Gasteiger partial charge on any atom is -0.399 e. The third kappa shape index (κ3) is 2.94. The second-order valence-electron chi connectivity index (χ2n) is 3.45. The van der Waals surface area contributed by atoms with Crippen molar-refractivity contribution in [2.24, 2.45) is 5.10 Å². The number of hydrazone groups is 1. The van der Waals surface area contributed by atoms with Gasteiger partial charge in [-0.25, -0.2) is 5.43 Å². The molecule has 5 heteroatoms. The Kier molecular flexibility index (Phi) is 3.20. The number of anilines is 1. The van der Waals surface area contributed by atoms with Crippen molar-refractivity contribution in [3.8, 4) is 0 Å². The van der Waals surface area contributed by atoms with E-state index in [-0.39, 0.29) is 5.91 Å². The summed E-state index contributed by atoms with van der Waals surface area (Å²) < 4.78 is 0. The van der Waals surface area contributed by atoms with Crippen LogP contribution < -0.4 is 11.2 Å². The lowest BCUT2D eigenvalue weighted by atomic mass is 10.2. The number of nitrogens with two attached hydrogens (primary N) is 1. The molecule has 0 fully saturated rings. The number of benzene rings is 1. The third-order valence-corrected chi connectivity index (χ3v) is 2.16. The summed E-state index contributed by atoms with van der Waals surface area (Å²) in [5.74, 6) is -0.271. The number of amides is 1. The molecule has 0 bridgehead atoms. The van der Waals surface area contributed by atoms with Crippen molar-refractivity contribution in [1.29, 1.82) is 0 Å². The minimum atomic E-state index is -0.271. The minimum absolute atomic E-state index is 0.271. The predicted molar refractivity (Wildman–Crippen MR) is 66.7 cm³/mol. The van der Waals surface area contributed by atoms with Gasteiger partial charge >= 0.3 is 0 Å². The van der Waals surface area contributed by atoms with Crippen LogP contribution in [0, 0.1) is 0 Å². The molecule has 1 aromatic carbocycles. The van der Waals surface area contributed by atoms with Crippen molar-refractivity contribution < 1.29 is 4.79 Å². The molecule has 0 aliphatic carbocycles. The molecule has 0 saturated heterocycles. The highest BCUT2D eigenvalue weighted by atomic mass is 16.2. The zero-order valence-electron chi connectivity index (χ0n) is 9.05. The fourth-order valence-corrected chi connectivity index (χ4v) is 1.28. The van der Waals surface area contributed by atoms with E-state index in [0.29, 0.717) is 11.3 Å². The summed E-state index contributed by atoms with van der Waals surface area (Å²) in [7, 11) is 0. The summed E-state index contributed by atoms with van der Waals surface area (Å²) in [5, 5.41) is 3.83. The van der Waals surface area contributed by atoms with Crippen LogP contribution in [0.1, 0.15) is 16.1 Å². The topological polar surface area (TPSA) is 83.3 Å². The molecule has 5 nitrogen and oxygen atoms in total. The Bertz CT molecular complexity index is 514. The van der Waals surface area contributed by atoms with Crippen LogP contribution in [0.5, 0.6) is 0 Å². The summed E-state index contributed by atoms with van der Waals surface area (Å²) in [6.07, 6.45) is 3.32. The quantitative estimate of drug-likeness (QED) is 0.421. The standard InChI is InChI=1S/C12H12N4O/c13-10-5-3-9(4-6-10)12(17)16-15-8-11-2-1-7-14-11/h1-8,14H,13H2,(H,16,17). The van der Waals surface area contributed by atoms with E-state index < -0.39 is 0 Å². The number of nitrogens with one attached hydrogen (secondary N) is 2. The van der Waals surface area contributed by atoms with Gasteiger partial charge in [0.15, 0.2) is 0 Å². The Morgan fingerprint density at radius 1 is 1.29 bits per heavy atom. The zero-order chi connectivity index (χ0) is 12.1. The lowest BCUT2D eigenvalue weighted by Gasteiger charge is -1.99. The van der Waals surface area contributed by atoms with Gasteiger partial charge < -0.3 is 10.7 Å². The number of nitrogen functional groups attached to an aromatic ring is 1. The summed E-state index contributed by atoms with van der Waals surface area (Å²) in [5.41, 5.74) is 9.91. The zero-order valence-corrected chi connectivity index (χ0v) is 9.05. The fourth-order valence-electron chi connectivity index (χ4n) is 1.28. The van der Waals surface area contributed by atoms with E-state index in [1.165, 1.54) is 6.21 Å². The van der Waals surface area contributed by atoms with E-state index in [4.69, 9.17) is 5.73 Å². The second kappa shape index (κ2) is 4.98. The number of H-pyrrole nitrogens is 1. The highest BCUT2D eigenvalue weighted by Crippen LogP contribution is 2.04. The maximum Gasteiger partial charge on any atom is 0.271 e. The monoisotopic (exact) mass is 228 g/mol. The molecule has 2 rings (SSSR count). The number of aromatic amines is 1. The Hall–Kier alpha value is -2.56. The molecule has 1 amide bonds. The summed E-state index contributed by atoms with van der Waals surface area (Å²) >= 11 is 0. The van der Waals surface area contributed by atoms with Crippen molar-refractivity contribution in [2.45, 2.75) is 0 Å². The molecule has 0 atom stereocenters. The first-order valence-electron chi connectivity index (χ1n) is 5.08. The third-order valence-electron chi connectivity index (χ3n) is 2.16. The summed E-state index contributed by atoms with van der Waals surface area (Å²) in [6.45, 7) is 0. The van der Waals surface area contributed by atoms with Gasteiger partial charge in [-0.1, -0.05) is 0 Å². The van der Waals surface area contributed by atoms with Gasteiger partial charge in [0, 0.05) is 17.4 Å². The van der Waals surface area contributed by atoms with Gasteiger partial charge in [0.05, 0.1) is 11.9 Å². The van der Waals surface area contributed by atoms with E-state index in [1.807, 2.05) is 12.1 Å². The van der Waals surface area contributed by atoms with E-state index >= 15 is 0 Å². The maximum atomic E-state index is 11.6. The molecular weight excluding hydrogens is 216 g/mol. The molecule has 2 aromatic rings.